The van der Waals surface area contributed by atoms with Crippen molar-refractivity contribution >= 4 is 11.6 Å². The van der Waals surface area contributed by atoms with Gasteiger partial charge in [0.25, 0.3) is 0 Å². The minimum Gasteiger partial charge on any atom is -0.318 e. The second kappa shape index (κ2) is 4.50. The molecule has 5 nitrogen and oxygen atoms in total. The zero-order valence-electron chi connectivity index (χ0n) is 10.2. The van der Waals surface area contributed by atoms with Crippen LogP contribution in [0, 0.1) is 6.92 Å². The van der Waals surface area contributed by atoms with Gasteiger partial charge in [0.05, 0.1) is 34.3 Å². The van der Waals surface area contributed by atoms with Crippen LogP contribution in [0.25, 0.3) is 0 Å². The molecule has 2 N–H and O–H groups in total. The van der Waals surface area contributed by atoms with Crippen LogP contribution in [-0.2, 0) is 13.6 Å². The van der Waals surface area contributed by atoms with Gasteiger partial charge in [-0.25, -0.2) is 0 Å². The van der Waals surface area contributed by atoms with Crippen molar-refractivity contribution in [1.29, 1.82) is 0 Å². The number of aryl methyl sites for hydroxylation is 3. The Labute approximate surface area is 105 Å². The Hall–Kier alpha value is -1.33. The zero-order chi connectivity index (χ0) is 12.6. The molecule has 17 heavy (non-hydrogen) atoms. The number of nitrogens with two attached hydrogens (primary N) is 1. The van der Waals surface area contributed by atoms with Crippen molar-refractivity contribution < 1.29 is 0 Å². The maximum Gasteiger partial charge on any atom is 0.0909 e. The summed E-state index contributed by atoms with van der Waals surface area (Å²) in [5.74, 6) is 0. The normalized spacial score (nSPS) is 13.0. The lowest BCUT2D eigenvalue weighted by Gasteiger charge is -2.14. The molecule has 2 heterocycles. The van der Waals surface area contributed by atoms with Crippen LogP contribution in [0.1, 0.15) is 30.0 Å². The van der Waals surface area contributed by atoms with E-state index in [0.717, 1.165) is 23.6 Å². The van der Waals surface area contributed by atoms with E-state index in [-0.39, 0.29) is 6.04 Å². The number of halogens is 1. The summed E-state index contributed by atoms with van der Waals surface area (Å²) >= 11 is 6.13. The highest BCUT2D eigenvalue weighted by Crippen LogP contribution is 2.26. The molecule has 2 rings (SSSR count). The molecule has 6 heteroatoms. The quantitative estimate of drug-likeness (QED) is 0.905. The zero-order valence-corrected chi connectivity index (χ0v) is 10.9. The van der Waals surface area contributed by atoms with Gasteiger partial charge in [-0.05, 0) is 19.9 Å². The molecule has 0 fully saturated rings. The second-order valence-corrected chi connectivity index (χ2v) is 4.41. The highest BCUT2D eigenvalue weighted by atomic mass is 35.5. The van der Waals surface area contributed by atoms with E-state index < -0.39 is 0 Å². The smallest absolute Gasteiger partial charge is 0.0909 e. The van der Waals surface area contributed by atoms with Gasteiger partial charge in [-0.2, -0.15) is 10.2 Å². The maximum absolute atomic E-state index is 6.25. The summed E-state index contributed by atoms with van der Waals surface area (Å²) in [4.78, 5) is 0. The van der Waals surface area contributed by atoms with Gasteiger partial charge >= 0.3 is 0 Å². The van der Waals surface area contributed by atoms with Crippen LogP contribution in [0.2, 0.25) is 5.02 Å². The first-order valence-electron chi connectivity index (χ1n) is 5.52. The maximum atomic E-state index is 6.25. The number of hydrogen-bond acceptors (Lipinski definition) is 3. The molecular weight excluding hydrogens is 238 g/mol. The number of nitrogens with zero attached hydrogens (tertiary/aromatic N) is 4. The van der Waals surface area contributed by atoms with Gasteiger partial charge in [0.1, 0.15) is 0 Å². The second-order valence-electron chi connectivity index (χ2n) is 4.01. The van der Waals surface area contributed by atoms with E-state index >= 15 is 0 Å². The Kier molecular flexibility index (Phi) is 3.22. The van der Waals surface area contributed by atoms with E-state index in [4.69, 9.17) is 17.3 Å². The molecule has 2 aromatic heterocycles. The van der Waals surface area contributed by atoms with Crippen LogP contribution in [0.4, 0.5) is 0 Å². The third-order valence-electron chi connectivity index (χ3n) is 2.78. The molecule has 2 aromatic rings. The van der Waals surface area contributed by atoms with Crippen molar-refractivity contribution in [2.24, 2.45) is 12.8 Å². The Balaban J connectivity index is 2.46. The van der Waals surface area contributed by atoms with Crippen LogP contribution < -0.4 is 5.73 Å². The summed E-state index contributed by atoms with van der Waals surface area (Å²) < 4.78 is 3.60. The monoisotopic (exact) mass is 253 g/mol. The van der Waals surface area contributed by atoms with Crippen molar-refractivity contribution in [3.63, 3.8) is 0 Å². The van der Waals surface area contributed by atoms with Crippen molar-refractivity contribution in [2.75, 3.05) is 0 Å². The molecule has 0 amide bonds. The fourth-order valence-electron chi connectivity index (χ4n) is 1.99. The van der Waals surface area contributed by atoms with Gasteiger partial charge in [0, 0.05) is 13.6 Å². The van der Waals surface area contributed by atoms with E-state index in [9.17, 15) is 0 Å². The molecule has 0 aliphatic carbocycles. The highest BCUT2D eigenvalue weighted by Gasteiger charge is 2.21. The molecule has 0 aromatic carbocycles. The van der Waals surface area contributed by atoms with Crippen molar-refractivity contribution in [3.8, 4) is 0 Å². The Morgan fingerprint density at radius 2 is 2.24 bits per heavy atom. The summed E-state index contributed by atoms with van der Waals surface area (Å²) in [5, 5.41) is 9.08. The standard InChI is InChI=1S/C11H16ClN5/c1-4-17-11(8(12)6-14-17)10(13)9-5-7(2)15-16(9)3/h5-6,10H,4,13H2,1-3H3. The lowest BCUT2D eigenvalue weighted by molar-refractivity contribution is 0.578. The van der Waals surface area contributed by atoms with Gasteiger partial charge in [-0.1, -0.05) is 11.6 Å². The highest BCUT2D eigenvalue weighted by molar-refractivity contribution is 6.31. The Morgan fingerprint density at radius 3 is 2.76 bits per heavy atom. The molecule has 0 radical (unpaired) electrons. The molecule has 0 aliphatic heterocycles. The van der Waals surface area contributed by atoms with Crippen molar-refractivity contribution in [1.82, 2.24) is 19.6 Å². The van der Waals surface area contributed by atoms with E-state index in [1.807, 2.05) is 31.6 Å². The van der Waals surface area contributed by atoms with Crippen molar-refractivity contribution in [3.05, 3.63) is 34.4 Å². The molecule has 92 valence electrons. The minimum atomic E-state index is -0.309. The van der Waals surface area contributed by atoms with Gasteiger partial charge in [0.2, 0.25) is 0 Å². The van der Waals surface area contributed by atoms with Crippen LogP contribution in [-0.4, -0.2) is 19.6 Å². The molecule has 0 saturated heterocycles. The first-order valence-corrected chi connectivity index (χ1v) is 5.89. The number of rotatable bonds is 3. The van der Waals surface area contributed by atoms with Gasteiger partial charge in [0.15, 0.2) is 0 Å². The predicted molar refractivity (Wildman–Crippen MR) is 66.9 cm³/mol. The lowest BCUT2D eigenvalue weighted by Crippen LogP contribution is -2.20. The third kappa shape index (κ3) is 2.08. The largest absolute Gasteiger partial charge is 0.318 e. The number of aromatic nitrogens is 4. The van der Waals surface area contributed by atoms with E-state index in [0.29, 0.717) is 5.02 Å². The summed E-state index contributed by atoms with van der Waals surface area (Å²) in [6.45, 7) is 4.69. The molecule has 0 spiro atoms. The molecule has 1 atom stereocenters. The summed E-state index contributed by atoms with van der Waals surface area (Å²) in [5.41, 5.74) is 8.95. The van der Waals surface area contributed by atoms with E-state index in [2.05, 4.69) is 10.2 Å². The summed E-state index contributed by atoms with van der Waals surface area (Å²) in [7, 11) is 1.88. The average molecular weight is 254 g/mol. The number of hydrogen-bond donors (Lipinski definition) is 1. The Morgan fingerprint density at radius 1 is 1.53 bits per heavy atom. The van der Waals surface area contributed by atoms with Gasteiger partial charge in [-0.3, -0.25) is 9.36 Å². The molecule has 0 saturated carbocycles. The van der Waals surface area contributed by atoms with Crippen LogP contribution >= 0.6 is 11.6 Å². The summed E-state index contributed by atoms with van der Waals surface area (Å²) in [6, 6.07) is 1.66. The fourth-order valence-corrected chi connectivity index (χ4v) is 2.25. The lowest BCUT2D eigenvalue weighted by atomic mass is 10.1. The van der Waals surface area contributed by atoms with Crippen molar-refractivity contribution in [2.45, 2.75) is 26.4 Å². The Bertz CT molecular complexity index is 528. The third-order valence-corrected chi connectivity index (χ3v) is 3.08. The topological polar surface area (TPSA) is 61.7 Å². The first kappa shape index (κ1) is 12.1. The van der Waals surface area contributed by atoms with Gasteiger partial charge in [-0.15, -0.1) is 0 Å². The van der Waals surface area contributed by atoms with Crippen LogP contribution in [0.5, 0.6) is 0 Å². The van der Waals surface area contributed by atoms with Crippen LogP contribution in [0.15, 0.2) is 12.3 Å². The molecule has 0 aliphatic rings. The first-order chi connectivity index (χ1) is 8.04. The molecule has 1 unspecified atom stereocenters. The van der Waals surface area contributed by atoms with E-state index in [1.165, 1.54) is 0 Å². The van der Waals surface area contributed by atoms with E-state index in [1.54, 1.807) is 10.9 Å². The fraction of sp³-hybridized carbons (Fsp3) is 0.455. The van der Waals surface area contributed by atoms with Gasteiger partial charge < -0.3 is 5.73 Å². The average Bonchev–Trinajstić information content (AvgIpc) is 2.80. The molecular formula is C11H16ClN5. The predicted octanol–water partition coefficient (Wildman–Crippen LogP) is 1.65. The molecule has 0 bridgehead atoms. The minimum absolute atomic E-state index is 0.309. The van der Waals surface area contributed by atoms with Crippen LogP contribution in [0.3, 0.4) is 0 Å². The SMILES string of the molecule is CCn1ncc(Cl)c1C(N)c1cc(C)nn1C. The summed E-state index contributed by atoms with van der Waals surface area (Å²) in [6.07, 6.45) is 1.63.